The van der Waals surface area contributed by atoms with Crippen molar-refractivity contribution in [2.75, 3.05) is 5.32 Å². The third kappa shape index (κ3) is 2.79. The molecule has 1 N–H and O–H groups in total. The quantitative estimate of drug-likeness (QED) is 0.790. The lowest BCUT2D eigenvalue weighted by Gasteiger charge is -2.05. The molecule has 96 valence electrons. The van der Waals surface area contributed by atoms with Crippen LogP contribution in [0.25, 0.3) is 11.5 Å². The summed E-state index contributed by atoms with van der Waals surface area (Å²) >= 11 is 1.69. The number of nitrogens with one attached hydrogen (secondary N) is 1. The third-order valence-corrected chi connectivity index (χ3v) is 3.52. The Morgan fingerprint density at radius 2 is 2.32 bits per heavy atom. The standard InChI is InChI=1S/C13H12N4OS/c1-9-14-6-12(19-9)7-15-11-4-2-3-10(5-11)13-17-16-8-18-13/h2-6,8,15H,7H2,1H3. The number of thiazole rings is 1. The Morgan fingerprint density at radius 3 is 3.05 bits per heavy atom. The van der Waals surface area contributed by atoms with Crippen molar-refractivity contribution in [2.45, 2.75) is 13.5 Å². The number of hydrogen-bond acceptors (Lipinski definition) is 6. The summed E-state index contributed by atoms with van der Waals surface area (Å²) in [6.07, 6.45) is 3.23. The zero-order valence-electron chi connectivity index (χ0n) is 10.3. The molecular formula is C13H12N4OS. The highest BCUT2D eigenvalue weighted by molar-refractivity contribution is 7.11. The van der Waals surface area contributed by atoms with Gasteiger partial charge in [-0.3, -0.25) is 0 Å². The molecule has 6 heteroatoms. The summed E-state index contributed by atoms with van der Waals surface area (Å²) in [5.41, 5.74) is 1.92. The van der Waals surface area contributed by atoms with Gasteiger partial charge in [0.2, 0.25) is 12.3 Å². The van der Waals surface area contributed by atoms with Crippen molar-refractivity contribution in [1.29, 1.82) is 0 Å². The molecule has 19 heavy (non-hydrogen) atoms. The van der Waals surface area contributed by atoms with Crippen LogP contribution in [-0.2, 0) is 6.54 Å². The molecule has 2 aromatic heterocycles. The van der Waals surface area contributed by atoms with Crippen molar-refractivity contribution in [2.24, 2.45) is 0 Å². The maximum atomic E-state index is 5.18. The molecule has 0 aliphatic rings. The topological polar surface area (TPSA) is 63.8 Å². The van der Waals surface area contributed by atoms with E-state index in [1.807, 2.05) is 37.4 Å². The van der Waals surface area contributed by atoms with Crippen LogP contribution in [0.4, 0.5) is 5.69 Å². The molecule has 2 heterocycles. The Kier molecular flexibility index (Phi) is 3.24. The van der Waals surface area contributed by atoms with Crippen LogP contribution < -0.4 is 5.32 Å². The number of aromatic nitrogens is 3. The first-order valence-corrected chi connectivity index (χ1v) is 6.65. The average molecular weight is 272 g/mol. The normalized spacial score (nSPS) is 10.6. The van der Waals surface area contributed by atoms with Gasteiger partial charge in [-0.05, 0) is 25.1 Å². The highest BCUT2D eigenvalue weighted by atomic mass is 32.1. The van der Waals surface area contributed by atoms with E-state index in [0.717, 1.165) is 22.8 Å². The largest absolute Gasteiger partial charge is 0.423 e. The van der Waals surface area contributed by atoms with Gasteiger partial charge in [-0.1, -0.05) is 6.07 Å². The first-order valence-electron chi connectivity index (χ1n) is 5.83. The molecule has 0 aliphatic carbocycles. The van der Waals surface area contributed by atoms with Crippen LogP contribution in [0.15, 0.2) is 41.3 Å². The van der Waals surface area contributed by atoms with Gasteiger partial charge in [0.1, 0.15) is 0 Å². The fraction of sp³-hybridized carbons (Fsp3) is 0.154. The van der Waals surface area contributed by atoms with E-state index in [0.29, 0.717) is 5.89 Å². The van der Waals surface area contributed by atoms with Crippen LogP contribution >= 0.6 is 11.3 Å². The number of hydrogen-bond donors (Lipinski definition) is 1. The molecule has 0 saturated heterocycles. The Labute approximate surface area is 114 Å². The van der Waals surface area contributed by atoms with Gasteiger partial charge >= 0.3 is 0 Å². The van der Waals surface area contributed by atoms with Gasteiger partial charge < -0.3 is 9.73 Å². The average Bonchev–Trinajstić information content (AvgIpc) is 3.08. The van der Waals surface area contributed by atoms with Crippen LogP contribution in [-0.4, -0.2) is 15.2 Å². The molecule has 3 rings (SSSR count). The highest BCUT2D eigenvalue weighted by Crippen LogP contribution is 2.21. The van der Waals surface area contributed by atoms with Crippen LogP contribution in [0.5, 0.6) is 0 Å². The summed E-state index contributed by atoms with van der Waals surface area (Å²) < 4.78 is 5.18. The van der Waals surface area contributed by atoms with Gasteiger partial charge in [-0.2, -0.15) is 0 Å². The Balaban J connectivity index is 1.73. The van der Waals surface area contributed by atoms with Gasteiger partial charge in [-0.25, -0.2) is 4.98 Å². The van der Waals surface area contributed by atoms with E-state index in [1.54, 1.807) is 11.3 Å². The van der Waals surface area contributed by atoms with E-state index in [2.05, 4.69) is 20.5 Å². The van der Waals surface area contributed by atoms with E-state index in [4.69, 9.17) is 4.42 Å². The van der Waals surface area contributed by atoms with Crippen molar-refractivity contribution in [3.8, 4) is 11.5 Å². The highest BCUT2D eigenvalue weighted by Gasteiger charge is 2.04. The predicted octanol–water partition coefficient (Wildman–Crippen LogP) is 3.11. The summed E-state index contributed by atoms with van der Waals surface area (Å²) in [5.74, 6) is 0.525. The van der Waals surface area contributed by atoms with Crippen molar-refractivity contribution < 1.29 is 4.42 Å². The first-order chi connectivity index (χ1) is 9.31. The van der Waals surface area contributed by atoms with E-state index < -0.39 is 0 Å². The number of anilines is 1. The van der Waals surface area contributed by atoms with Crippen molar-refractivity contribution in [1.82, 2.24) is 15.2 Å². The number of aryl methyl sites for hydroxylation is 1. The van der Waals surface area contributed by atoms with E-state index >= 15 is 0 Å². The van der Waals surface area contributed by atoms with Gasteiger partial charge in [0.05, 0.1) is 11.6 Å². The molecular weight excluding hydrogens is 260 g/mol. The van der Waals surface area contributed by atoms with Crippen molar-refractivity contribution in [3.63, 3.8) is 0 Å². The van der Waals surface area contributed by atoms with Gasteiger partial charge in [0.25, 0.3) is 0 Å². The lowest BCUT2D eigenvalue weighted by atomic mass is 10.2. The fourth-order valence-electron chi connectivity index (χ4n) is 1.74. The zero-order valence-corrected chi connectivity index (χ0v) is 11.1. The van der Waals surface area contributed by atoms with Crippen molar-refractivity contribution >= 4 is 17.0 Å². The minimum atomic E-state index is 0.525. The zero-order chi connectivity index (χ0) is 13.1. The van der Waals surface area contributed by atoms with Gasteiger partial charge in [0, 0.05) is 22.3 Å². The summed E-state index contributed by atoms with van der Waals surface area (Å²) in [6.45, 7) is 2.77. The molecule has 0 saturated carbocycles. The maximum absolute atomic E-state index is 5.18. The Morgan fingerprint density at radius 1 is 1.37 bits per heavy atom. The second-order valence-corrected chi connectivity index (χ2v) is 5.34. The summed E-state index contributed by atoms with van der Waals surface area (Å²) in [7, 11) is 0. The molecule has 5 nitrogen and oxygen atoms in total. The van der Waals surface area contributed by atoms with E-state index in [-0.39, 0.29) is 0 Å². The van der Waals surface area contributed by atoms with E-state index in [9.17, 15) is 0 Å². The molecule has 0 unspecified atom stereocenters. The fourth-order valence-corrected chi connectivity index (χ4v) is 2.47. The Hall–Kier alpha value is -2.21. The second kappa shape index (κ2) is 5.19. The monoisotopic (exact) mass is 272 g/mol. The second-order valence-electron chi connectivity index (χ2n) is 4.02. The first kappa shape index (κ1) is 11.9. The molecule has 0 bridgehead atoms. The lowest BCUT2D eigenvalue weighted by Crippen LogP contribution is -1.97. The van der Waals surface area contributed by atoms with Crippen LogP contribution in [0, 0.1) is 6.92 Å². The smallest absolute Gasteiger partial charge is 0.247 e. The SMILES string of the molecule is Cc1ncc(CNc2cccc(-c3nnco3)c2)s1. The number of benzene rings is 1. The molecule has 0 amide bonds. The molecule has 3 aromatic rings. The van der Waals surface area contributed by atoms with Crippen molar-refractivity contribution in [3.05, 3.63) is 46.7 Å². The van der Waals surface area contributed by atoms with Crippen LogP contribution in [0.3, 0.4) is 0 Å². The van der Waals surface area contributed by atoms with Crippen LogP contribution in [0.1, 0.15) is 9.88 Å². The lowest BCUT2D eigenvalue weighted by molar-refractivity contribution is 0.568. The van der Waals surface area contributed by atoms with Gasteiger partial charge in [-0.15, -0.1) is 21.5 Å². The summed E-state index contributed by atoms with van der Waals surface area (Å²) in [6, 6.07) is 7.89. The molecule has 0 aliphatic heterocycles. The molecule has 0 spiro atoms. The van der Waals surface area contributed by atoms with Gasteiger partial charge in [0.15, 0.2) is 0 Å². The Bertz CT molecular complexity index is 663. The minimum Gasteiger partial charge on any atom is -0.423 e. The molecule has 0 atom stereocenters. The molecule has 0 radical (unpaired) electrons. The maximum Gasteiger partial charge on any atom is 0.247 e. The minimum absolute atomic E-state index is 0.525. The summed E-state index contributed by atoms with van der Waals surface area (Å²) in [5, 5.41) is 12.0. The molecule has 0 fully saturated rings. The summed E-state index contributed by atoms with van der Waals surface area (Å²) in [4.78, 5) is 5.44. The number of nitrogens with zero attached hydrogens (tertiary/aromatic N) is 3. The van der Waals surface area contributed by atoms with E-state index in [1.165, 1.54) is 11.3 Å². The molecule has 1 aromatic carbocycles. The van der Waals surface area contributed by atoms with Crippen LogP contribution in [0.2, 0.25) is 0 Å². The number of rotatable bonds is 4. The predicted molar refractivity (Wildman–Crippen MR) is 73.9 cm³/mol. The third-order valence-electron chi connectivity index (χ3n) is 2.61.